The van der Waals surface area contributed by atoms with E-state index in [0.717, 1.165) is 16.2 Å². The Balaban J connectivity index is 1.89. The molecule has 0 saturated carbocycles. The van der Waals surface area contributed by atoms with Gasteiger partial charge in [0.15, 0.2) is 11.5 Å². The summed E-state index contributed by atoms with van der Waals surface area (Å²) < 4.78 is 16.0. The fourth-order valence-corrected chi connectivity index (χ4v) is 3.27. The van der Waals surface area contributed by atoms with Crippen molar-refractivity contribution in [3.8, 4) is 17.2 Å². The van der Waals surface area contributed by atoms with Gasteiger partial charge in [-0.15, -0.1) is 11.8 Å². The summed E-state index contributed by atoms with van der Waals surface area (Å²) in [7, 11) is 3.20. The summed E-state index contributed by atoms with van der Waals surface area (Å²) in [5, 5.41) is 2.74. The van der Waals surface area contributed by atoms with Crippen molar-refractivity contribution < 1.29 is 19.0 Å². The summed E-state index contributed by atoms with van der Waals surface area (Å²) in [5.41, 5.74) is 1.03. The minimum Gasteiger partial charge on any atom is -0.494 e. The second-order valence-corrected chi connectivity index (χ2v) is 6.99. The molecule has 26 heavy (non-hydrogen) atoms. The molecule has 0 unspecified atom stereocenters. The third-order valence-corrected chi connectivity index (χ3v) is 4.83. The molecule has 2 aromatic carbocycles. The van der Waals surface area contributed by atoms with Crippen LogP contribution in [-0.2, 0) is 11.3 Å². The Hall–Kier alpha value is -2.34. The molecule has 1 atom stereocenters. The minimum atomic E-state index is -0.226. The lowest BCUT2D eigenvalue weighted by atomic mass is 10.2. The van der Waals surface area contributed by atoms with E-state index in [9.17, 15) is 4.79 Å². The SMILES string of the molecule is CCOc1ccc(CNC(=O)[C@H](C)Sc2ccc(OC)c(OC)c2)cc1. The maximum absolute atomic E-state index is 12.4. The van der Waals surface area contributed by atoms with Crippen molar-refractivity contribution in [1.82, 2.24) is 5.32 Å². The zero-order chi connectivity index (χ0) is 18.9. The molecule has 2 aromatic rings. The fraction of sp³-hybridized carbons (Fsp3) is 0.350. The highest BCUT2D eigenvalue weighted by molar-refractivity contribution is 8.00. The van der Waals surface area contributed by atoms with Crippen LogP contribution in [0.25, 0.3) is 0 Å². The van der Waals surface area contributed by atoms with E-state index in [1.807, 2.05) is 56.3 Å². The smallest absolute Gasteiger partial charge is 0.233 e. The molecule has 2 rings (SSSR count). The Morgan fingerprint density at radius 2 is 1.77 bits per heavy atom. The topological polar surface area (TPSA) is 56.8 Å². The van der Waals surface area contributed by atoms with E-state index >= 15 is 0 Å². The molecular weight excluding hydrogens is 350 g/mol. The second-order valence-electron chi connectivity index (χ2n) is 5.57. The maximum Gasteiger partial charge on any atom is 0.233 e. The normalized spacial score (nSPS) is 11.5. The zero-order valence-electron chi connectivity index (χ0n) is 15.6. The van der Waals surface area contributed by atoms with Gasteiger partial charge in [-0.2, -0.15) is 0 Å². The van der Waals surface area contributed by atoms with Gasteiger partial charge in [0.25, 0.3) is 0 Å². The number of carbonyl (C=O) groups excluding carboxylic acids is 1. The average molecular weight is 375 g/mol. The average Bonchev–Trinajstić information content (AvgIpc) is 2.67. The molecular formula is C20H25NO4S. The number of carbonyl (C=O) groups is 1. The van der Waals surface area contributed by atoms with E-state index in [0.29, 0.717) is 24.7 Å². The number of benzene rings is 2. The first kappa shape index (κ1) is 20.0. The van der Waals surface area contributed by atoms with Crippen LogP contribution in [-0.4, -0.2) is 32.0 Å². The van der Waals surface area contributed by atoms with Gasteiger partial charge >= 0.3 is 0 Å². The fourth-order valence-electron chi connectivity index (χ4n) is 2.35. The van der Waals surface area contributed by atoms with E-state index in [4.69, 9.17) is 14.2 Å². The van der Waals surface area contributed by atoms with Crippen molar-refractivity contribution in [2.24, 2.45) is 0 Å². The Kier molecular flexibility index (Phi) is 7.66. The molecule has 0 fully saturated rings. The Morgan fingerprint density at radius 1 is 1.08 bits per heavy atom. The van der Waals surface area contributed by atoms with Gasteiger partial charge in [0.05, 0.1) is 26.1 Å². The number of hydrogen-bond acceptors (Lipinski definition) is 5. The van der Waals surface area contributed by atoms with Gasteiger partial charge in [0.1, 0.15) is 5.75 Å². The maximum atomic E-state index is 12.4. The highest BCUT2D eigenvalue weighted by Crippen LogP contribution is 2.33. The molecule has 140 valence electrons. The predicted octanol–water partition coefficient (Wildman–Crippen LogP) is 3.90. The molecule has 0 saturated heterocycles. The van der Waals surface area contributed by atoms with Gasteiger partial charge in [-0.05, 0) is 49.7 Å². The largest absolute Gasteiger partial charge is 0.494 e. The number of thioether (sulfide) groups is 1. The van der Waals surface area contributed by atoms with Crippen molar-refractivity contribution in [2.45, 2.75) is 30.5 Å². The van der Waals surface area contributed by atoms with Gasteiger partial charge in [0.2, 0.25) is 5.91 Å². The van der Waals surface area contributed by atoms with Gasteiger partial charge in [-0.1, -0.05) is 12.1 Å². The van der Waals surface area contributed by atoms with Gasteiger partial charge in [-0.25, -0.2) is 0 Å². The summed E-state index contributed by atoms with van der Waals surface area (Å²) in [4.78, 5) is 13.3. The van der Waals surface area contributed by atoms with Crippen molar-refractivity contribution in [3.05, 3.63) is 48.0 Å². The Morgan fingerprint density at radius 3 is 2.38 bits per heavy atom. The van der Waals surface area contributed by atoms with Crippen LogP contribution in [0.2, 0.25) is 0 Å². The lowest BCUT2D eigenvalue weighted by molar-refractivity contribution is -0.120. The first-order valence-corrected chi connectivity index (χ1v) is 9.33. The van der Waals surface area contributed by atoms with Crippen LogP contribution in [0.4, 0.5) is 0 Å². The van der Waals surface area contributed by atoms with Crippen LogP contribution in [0.5, 0.6) is 17.2 Å². The first-order chi connectivity index (χ1) is 12.6. The van der Waals surface area contributed by atoms with Crippen molar-refractivity contribution in [1.29, 1.82) is 0 Å². The van der Waals surface area contributed by atoms with Crippen LogP contribution >= 0.6 is 11.8 Å². The van der Waals surface area contributed by atoms with Crippen LogP contribution < -0.4 is 19.5 Å². The molecule has 0 aromatic heterocycles. The minimum absolute atomic E-state index is 0.0151. The monoisotopic (exact) mass is 375 g/mol. The summed E-state index contributed by atoms with van der Waals surface area (Å²) in [6.07, 6.45) is 0. The third kappa shape index (κ3) is 5.59. The predicted molar refractivity (Wildman–Crippen MR) is 104 cm³/mol. The second kappa shape index (κ2) is 9.97. The highest BCUT2D eigenvalue weighted by atomic mass is 32.2. The van der Waals surface area contributed by atoms with Crippen LogP contribution in [0.1, 0.15) is 19.4 Å². The number of amides is 1. The Labute approximate surface area is 159 Å². The van der Waals surface area contributed by atoms with Crippen LogP contribution in [0.15, 0.2) is 47.4 Å². The zero-order valence-corrected chi connectivity index (χ0v) is 16.4. The van der Waals surface area contributed by atoms with E-state index in [2.05, 4.69) is 5.32 Å². The quantitative estimate of drug-likeness (QED) is 0.674. The molecule has 0 aliphatic carbocycles. The molecule has 0 aliphatic rings. The van der Waals surface area contributed by atoms with E-state index in [-0.39, 0.29) is 11.2 Å². The number of methoxy groups -OCH3 is 2. The third-order valence-electron chi connectivity index (χ3n) is 3.74. The summed E-state index contributed by atoms with van der Waals surface area (Å²) in [6.45, 7) is 4.96. The van der Waals surface area contributed by atoms with E-state index < -0.39 is 0 Å². The standard InChI is InChI=1S/C20H25NO4S/c1-5-25-16-8-6-15(7-9-16)13-21-20(22)14(2)26-17-10-11-18(23-3)19(12-17)24-4/h6-12,14H,5,13H2,1-4H3,(H,21,22)/t14-/m0/s1. The lowest BCUT2D eigenvalue weighted by Crippen LogP contribution is -2.30. The van der Waals surface area contributed by atoms with E-state index in [1.165, 1.54) is 11.8 Å². The van der Waals surface area contributed by atoms with Crippen molar-refractivity contribution >= 4 is 17.7 Å². The van der Waals surface area contributed by atoms with Crippen LogP contribution in [0, 0.1) is 0 Å². The molecule has 5 nitrogen and oxygen atoms in total. The number of ether oxygens (including phenoxy) is 3. The summed E-state index contributed by atoms with van der Waals surface area (Å²) in [6, 6.07) is 13.4. The molecule has 6 heteroatoms. The summed E-state index contributed by atoms with van der Waals surface area (Å²) >= 11 is 1.48. The van der Waals surface area contributed by atoms with Gasteiger partial charge < -0.3 is 19.5 Å². The molecule has 1 N–H and O–H groups in total. The van der Waals surface area contributed by atoms with Crippen LogP contribution in [0.3, 0.4) is 0 Å². The molecule has 1 amide bonds. The van der Waals surface area contributed by atoms with Crippen molar-refractivity contribution in [3.63, 3.8) is 0 Å². The molecule has 0 spiro atoms. The lowest BCUT2D eigenvalue weighted by Gasteiger charge is -2.14. The highest BCUT2D eigenvalue weighted by Gasteiger charge is 2.15. The van der Waals surface area contributed by atoms with Gasteiger partial charge in [0, 0.05) is 11.4 Å². The van der Waals surface area contributed by atoms with Gasteiger partial charge in [-0.3, -0.25) is 4.79 Å². The number of hydrogen-bond donors (Lipinski definition) is 1. The van der Waals surface area contributed by atoms with Crippen molar-refractivity contribution in [2.75, 3.05) is 20.8 Å². The Bertz CT molecular complexity index is 718. The molecule has 0 bridgehead atoms. The number of nitrogens with one attached hydrogen (secondary N) is 1. The molecule has 0 radical (unpaired) electrons. The van der Waals surface area contributed by atoms with E-state index in [1.54, 1.807) is 14.2 Å². The summed E-state index contributed by atoms with van der Waals surface area (Å²) in [5.74, 6) is 2.14. The molecule has 0 heterocycles. The number of rotatable bonds is 9. The first-order valence-electron chi connectivity index (χ1n) is 8.45. The molecule has 0 aliphatic heterocycles.